The molecular formula is C18H21F3N4O3. The standard InChI is InChI=1S/C18H21F3N4O3/c1-2-28-16(27)10-25(8-11-3-4-11)9-15(26)22-12-5-6-13-14(7-12)24-17(23-13)18(19,20)21/h5-7,11H,2-4,8-10H2,1H3,(H,22,26)(H,23,24). The number of nitrogens with zero attached hydrogens (tertiary/aromatic N) is 2. The van der Waals surface area contributed by atoms with Crippen molar-refractivity contribution in [1.82, 2.24) is 14.9 Å². The highest BCUT2D eigenvalue weighted by atomic mass is 19.4. The number of hydrogen-bond donors (Lipinski definition) is 2. The number of imidazole rings is 1. The highest BCUT2D eigenvalue weighted by Gasteiger charge is 2.34. The predicted molar refractivity (Wildman–Crippen MR) is 95.5 cm³/mol. The number of carbonyl (C=O) groups is 2. The first-order chi connectivity index (χ1) is 13.2. The number of alkyl halides is 3. The second kappa shape index (κ2) is 8.17. The third kappa shape index (κ3) is 5.44. The van der Waals surface area contributed by atoms with E-state index < -0.39 is 18.0 Å². The fraction of sp³-hybridized carbons (Fsp3) is 0.500. The van der Waals surface area contributed by atoms with Crippen LogP contribution in [0.15, 0.2) is 18.2 Å². The van der Waals surface area contributed by atoms with E-state index in [4.69, 9.17) is 4.74 Å². The van der Waals surface area contributed by atoms with Crippen molar-refractivity contribution in [2.24, 2.45) is 5.92 Å². The number of aromatic nitrogens is 2. The van der Waals surface area contributed by atoms with Crippen LogP contribution >= 0.6 is 0 Å². The highest BCUT2D eigenvalue weighted by Crippen LogP contribution is 2.30. The number of carbonyl (C=O) groups excluding carboxylic acids is 2. The summed E-state index contributed by atoms with van der Waals surface area (Å²) < 4.78 is 43.2. The molecule has 1 aliphatic rings. The van der Waals surface area contributed by atoms with Gasteiger partial charge in [-0.25, -0.2) is 4.98 Å². The van der Waals surface area contributed by atoms with Crippen LogP contribution in [0.3, 0.4) is 0 Å². The summed E-state index contributed by atoms with van der Waals surface area (Å²) in [5.74, 6) is -1.37. The van der Waals surface area contributed by atoms with Crippen molar-refractivity contribution >= 4 is 28.6 Å². The Bertz CT molecular complexity index is 861. The van der Waals surface area contributed by atoms with Gasteiger partial charge in [-0.3, -0.25) is 14.5 Å². The van der Waals surface area contributed by atoms with Crippen LogP contribution < -0.4 is 5.32 Å². The average Bonchev–Trinajstić information content (AvgIpc) is 3.29. The molecule has 152 valence electrons. The Morgan fingerprint density at radius 2 is 2.07 bits per heavy atom. The lowest BCUT2D eigenvalue weighted by molar-refractivity contribution is -0.145. The van der Waals surface area contributed by atoms with Crippen LogP contribution in [0, 0.1) is 5.92 Å². The molecule has 1 aliphatic carbocycles. The average molecular weight is 398 g/mol. The van der Waals surface area contributed by atoms with Crippen LogP contribution in [0.2, 0.25) is 0 Å². The molecule has 0 spiro atoms. The number of benzene rings is 1. The van der Waals surface area contributed by atoms with Gasteiger partial charge in [0, 0.05) is 12.2 Å². The summed E-state index contributed by atoms with van der Waals surface area (Å²) in [7, 11) is 0. The number of hydrogen-bond acceptors (Lipinski definition) is 5. The van der Waals surface area contributed by atoms with E-state index in [2.05, 4.69) is 15.3 Å². The van der Waals surface area contributed by atoms with E-state index in [1.54, 1.807) is 11.8 Å². The molecule has 0 atom stereocenters. The third-order valence-corrected chi connectivity index (χ3v) is 4.27. The van der Waals surface area contributed by atoms with Crippen molar-refractivity contribution < 1.29 is 27.5 Å². The van der Waals surface area contributed by atoms with Gasteiger partial charge in [0.1, 0.15) is 0 Å². The molecule has 3 rings (SSSR count). The normalized spacial score (nSPS) is 14.5. The van der Waals surface area contributed by atoms with E-state index in [0.717, 1.165) is 12.8 Å². The summed E-state index contributed by atoms with van der Waals surface area (Å²) in [6, 6.07) is 4.28. The molecule has 7 nitrogen and oxygen atoms in total. The second-order valence-corrected chi connectivity index (χ2v) is 6.78. The van der Waals surface area contributed by atoms with Crippen molar-refractivity contribution in [1.29, 1.82) is 0 Å². The monoisotopic (exact) mass is 398 g/mol. The lowest BCUT2D eigenvalue weighted by atomic mass is 10.2. The number of aromatic amines is 1. The zero-order valence-electron chi connectivity index (χ0n) is 15.3. The van der Waals surface area contributed by atoms with Gasteiger partial charge in [0.15, 0.2) is 0 Å². The van der Waals surface area contributed by atoms with Gasteiger partial charge in [0.05, 0.1) is 30.7 Å². The van der Waals surface area contributed by atoms with Crippen molar-refractivity contribution in [2.75, 3.05) is 31.6 Å². The molecular weight excluding hydrogens is 377 g/mol. The van der Waals surface area contributed by atoms with E-state index in [9.17, 15) is 22.8 Å². The molecule has 0 bridgehead atoms. The van der Waals surface area contributed by atoms with Gasteiger partial charge in [-0.15, -0.1) is 0 Å². The minimum Gasteiger partial charge on any atom is -0.465 e. The number of ether oxygens (including phenoxy) is 1. The molecule has 0 unspecified atom stereocenters. The fourth-order valence-corrected chi connectivity index (χ4v) is 2.87. The topological polar surface area (TPSA) is 87.3 Å². The van der Waals surface area contributed by atoms with Crippen LogP contribution in [0.5, 0.6) is 0 Å². The van der Waals surface area contributed by atoms with Gasteiger partial charge >= 0.3 is 12.1 Å². The lowest BCUT2D eigenvalue weighted by Crippen LogP contribution is -2.38. The second-order valence-electron chi connectivity index (χ2n) is 6.78. The maximum absolute atomic E-state index is 12.7. The van der Waals surface area contributed by atoms with Crippen molar-refractivity contribution in [3.05, 3.63) is 24.0 Å². The van der Waals surface area contributed by atoms with Crippen LogP contribution in [-0.4, -0.2) is 53.0 Å². The zero-order valence-corrected chi connectivity index (χ0v) is 15.3. The van der Waals surface area contributed by atoms with Gasteiger partial charge in [-0.1, -0.05) is 0 Å². The number of anilines is 1. The van der Waals surface area contributed by atoms with Crippen molar-refractivity contribution in [3.8, 4) is 0 Å². The number of rotatable bonds is 8. The number of fused-ring (bicyclic) bond motifs is 1. The van der Waals surface area contributed by atoms with E-state index in [-0.39, 0.29) is 36.6 Å². The summed E-state index contributed by atoms with van der Waals surface area (Å²) in [5.41, 5.74) is 0.673. The Balaban J connectivity index is 1.64. The Kier molecular flexibility index (Phi) is 5.87. The van der Waals surface area contributed by atoms with E-state index in [0.29, 0.717) is 18.2 Å². The summed E-state index contributed by atoms with van der Waals surface area (Å²) in [4.78, 5) is 31.5. The first-order valence-electron chi connectivity index (χ1n) is 8.99. The molecule has 10 heteroatoms. The number of H-pyrrole nitrogens is 1. The van der Waals surface area contributed by atoms with E-state index >= 15 is 0 Å². The Labute approximate surface area is 159 Å². The molecule has 2 N–H and O–H groups in total. The zero-order chi connectivity index (χ0) is 20.3. The van der Waals surface area contributed by atoms with Crippen molar-refractivity contribution in [2.45, 2.75) is 25.9 Å². The highest BCUT2D eigenvalue weighted by molar-refractivity contribution is 5.94. The van der Waals surface area contributed by atoms with Gasteiger partial charge in [-0.2, -0.15) is 13.2 Å². The van der Waals surface area contributed by atoms with Crippen LogP contribution in [0.1, 0.15) is 25.6 Å². The summed E-state index contributed by atoms with van der Waals surface area (Å²) >= 11 is 0. The number of esters is 1. The van der Waals surface area contributed by atoms with Gasteiger partial charge in [0.25, 0.3) is 0 Å². The summed E-state index contributed by atoms with van der Waals surface area (Å²) in [5, 5.41) is 2.65. The van der Waals surface area contributed by atoms with Gasteiger partial charge < -0.3 is 15.0 Å². The molecule has 1 fully saturated rings. The third-order valence-electron chi connectivity index (χ3n) is 4.27. The minimum absolute atomic E-state index is 0.00979. The number of amides is 1. The maximum atomic E-state index is 12.7. The number of halogens is 3. The molecule has 0 radical (unpaired) electrons. The molecule has 1 amide bonds. The van der Waals surface area contributed by atoms with Crippen molar-refractivity contribution in [3.63, 3.8) is 0 Å². The van der Waals surface area contributed by atoms with E-state index in [1.807, 2.05) is 0 Å². The first kappa shape index (κ1) is 20.1. The van der Waals surface area contributed by atoms with Gasteiger partial charge in [0.2, 0.25) is 11.7 Å². The quantitative estimate of drug-likeness (QED) is 0.668. The summed E-state index contributed by atoms with van der Waals surface area (Å²) in [6.45, 7) is 2.62. The van der Waals surface area contributed by atoms with E-state index in [1.165, 1.54) is 18.2 Å². The first-order valence-corrected chi connectivity index (χ1v) is 8.99. The number of nitrogens with one attached hydrogen (secondary N) is 2. The summed E-state index contributed by atoms with van der Waals surface area (Å²) in [6.07, 6.45) is -2.43. The smallest absolute Gasteiger partial charge is 0.449 e. The molecule has 0 saturated heterocycles. The molecule has 1 aromatic carbocycles. The molecule has 28 heavy (non-hydrogen) atoms. The molecule has 1 saturated carbocycles. The lowest BCUT2D eigenvalue weighted by Gasteiger charge is -2.20. The SMILES string of the molecule is CCOC(=O)CN(CC(=O)Nc1ccc2nc(C(F)(F)F)[nH]c2c1)CC1CC1. The van der Waals surface area contributed by atoms with Crippen LogP contribution in [0.25, 0.3) is 11.0 Å². The Morgan fingerprint density at radius 3 is 2.71 bits per heavy atom. The van der Waals surface area contributed by atoms with Gasteiger partial charge in [-0.05, 0) is 43.9 Å². The predicted octanol–water partition coefficient (Wildman–Crippen LogP) is 2.80. The molecule has 0 aliphatic heterocycles. The fourth-order valence-electron chi connectivity index (χ4n) is 2.87. The largest absolute Gasteiger partial charge is 0.465 e. The molecule has 2 aromatic rings. The minimum atomic E-state index is -4.57. The molecule has 1 aromatic heterocycles. The Hall–Kier alpha value is -2.62. The Morgan fingerprint density at radius 1 is 1.32 bits per heavy atom. The van der Waals surface area contributed by atoms with Crippen LogP contribution in [0.4, 0.5) is 18.9 Å². The van der Waals surface area contributed by atoms with Crippen LogP contribution in [-0.2, 0) is 20.5 Å². The maximum Gasteiger partial charge on any atom is 0.449 e. The molecule has 1 heterocycles.